The minimum atomic E-state index is -4.21. The number of alkyl halides is 3. The molecule has 2 aromatic rings. The standard InChI is InChI=1S/C16H17F3N4O/c1-10-3-2-4-11(7-10)15(24)20-9-14-22-21-13-8-12(16(17,18)19)5-6-23(13)14/h2-4,7,12H,5-6,8-9H2,1H3,(H,20,24). The average molecular weight is 338 g/mol. The molecule has 0 fully saturated rings. The van der Waals surface area contributed by atoms with E-state index in [2.05, 4.69) is 15.5 Å². The summed E-state index contributed by atoms with van der Waals surface area (Å²) in [6.07, 6.45) is -4.37. The number of carbonyl (C=O) groups excluding carboxylic acids is 1. The van der Waals surface area contributed by atoms with E-state index in [9.17, 15) is 18.0 Å². The molecule has 3 rings (SSSR count). The first-order valence-electron chi connectivity index (χ1n) is 7.67. The number of aryl methyl sites for hydroxylation is 1. The average Bonchev–Trinajstić information content (AvgIpc) is 2.94. The van der Waals surface area contributed by atoms with E-state index in [1.165, 1.54) is 0 Å². The molecule has 128 valence electrons. The highest BCUT2D eigenvalue weighted by Gasteiger charge is 2.42. The molecule has 8 heteroatoms. The zero-order valence-electron chi connectivity index (χ0n) is 13.1. The Morgan fingerprint density at radius 1 is 1.38 bits per heavy atom. The van der Waals surface area contributed by atoms with Gasteiger partial charge in [0.15, 0.2) is 5.82 Å². The highest BCUT2D eigenvalue weighted by atomic mass is 19.4. The van der Waals surface area contributed by atoms with Gasteiger partial charge in [0.2, 0.25) is 0 Å². The molecule has 0 saturated heterocycles. The van der Waals surface area contributed by atoms with Crippen molar-refractivity contribution in [3.05, 3.63) is 47.0 Å². The second-order valence-electron chi connectivity index (χ2n) is 5.97. The summed E-state index contributed by atoms with van der Waals surface area (Å²) in [6.45, 7) is 2.24. The highest BCUT2D eigenvalue weighted by Crippen LogP contribution is 2.34. The molecule has 1 atom stereocenters. The summed E-state index contributed by atoms with van der Waals surface area (Å²) in [5.74, 6) is -0.820. The third kappa shape index (κ3) is 3.42. The van der Waals surface area contributed by atoms with Crippen LogP contribution in [0.5, 0.6) is 0 Å². The number of aromatic nitrogens is 3. The van der Waals surface area contributed by atoms with E-state index in [4.69, 9.17) is 0 Å². The van der Waals surface area contributed by atoms with E-state index in [-0.39, 0.29) is 31.8 Å². The molecule has 1 amide bonds. The molecular weight excluding hydrogens is 321 g/mol. The topological polar surface area (TPSA) is 59.8 Å². The first-order chi connectivity index (χ1) is 11.3. The molecule has 0 spiro atoms. The Morgan fingerprint density at radius 2 is 2.17 bits per heavy atom. The van der Waals surface area contributed by atoms with Crippen molar-refractivity contribution in [1.82, 2.24) is 20.1 Å². The van der Waals surface area contributed by atoms with Crippen molar-refractivity contribution in [1.29, 1.82) is 0 Å². The molecule has 2 heterocycles. The highest BCUT2D eigenvalue weighted by molar-refractivity contribution is 5.94. The Hall–Kier alpha value is -2.38. The Kier molecular flexibility index (Phi) is 4.29. The van der Waals surface area contributed by atoms with Gasteiger partial charge in [-0.1, -0.05) is 17.7 Å². The lowest BCUT2D eigenvalue weighted by atomic mass is 9.97. The molecule has 0 bridgehead atoms. The van der Waals surface area contributed by atoms with Gasteiger partial charge in [-0.05, 0) is 25.5 Å². The van der Waals surface area contributed by atoms with Gasteiger partial charge in [-0.25, -0.2) is 0 Å². The van der Waals surface area contributed by atoms with Crippen LogP contribution in [0.1, 0.15) is 34.0 Å². The van der Waals surface area contributed by atoms with Crippen molar-refractivity contribution >= 4 is 5.91 Å². The molecule has 1 aliphatic heterocycles. The predicted octanol–water partition coefficient (Wildman–Crippen LogP) is 2.64. The van der Waals surface area contributed by atoms with Crippen molar-refractivity contribution in [2.45, 2.75) is 39.0 Å². The number of hydrogen-bond donors (Lipinski definition) is 1. The molecule has 0 radical (unpaired) electrons. The molecule has 0 aliphatic carbocycles. The van der Waals surface area contributed by atoms with Crippen molar-refractivity contribution in [3.63, 3.8) is 0 Å². The Bertz CT molecular complexity index is 754. The first-order valence-corrected chi connectivity index (χ1v) is 7.67. The van der Waals surface area contributed by atoms with Crippen LogP contribution in [0.4, 0.5) is 13.2 Å². The zero-order valence-corrected chi connectivity index (χ0v) is 13.1. The number of nitrogens with zero attached hydrogens (tertiary/aromatic N) is 3. The lowest BCUT2D eigenvalue weighted by Gasteiger charge is -2.25. The molecule has 1 unspecified atom stereocenters. The summed E-state index contributed by atoms with van der Waals surface area (Å²) in [7, 11) is 0. The third-order valence-electron chi connectivity index (χ3n) is 4.18. The number of fused-ring (bicyclic) bond motifs is 1. The number of hydrogen-bond acceptors (Lipinski definition) is 3. The SMILES string of the molecule is Cc1cccc(C(=O)NCc2nnc3n2CCC(C(F)(F)F)C3)c1. The van der Waals surface area contributed by atoms with Crippen LogP contribution in [-0.2, 0) is 19.5 Å². The van der Waals surface area contributed by atoms with Crippen LogP contribution >= 0.6 is 0 Å². The monoisotopic (exact) mass is 338 g/mol. The van der Waals surface area contributed by atoms with Gasteiger partial charge in [0.25, 0.3) is 5.91 Å². The summed E-state index contributed by atoms with van der Waals surface area (Å²) < 4.78 is 40.1. The molecule has 24 heavy (non-hydrogen) atoms. The summed E-state index contributed by atoms with van der Waals surface area (Å²) in [6, 6.07) is 7.15. The number of halogens is 3. The van der Waals surface area contributed by atoms with Crippen LogP contribution in [0.25, 0.3) is 0 Å². The van der Waals surface area contributed by atoms with Crippen molar-refractivity contribution in [3.8, 4) is 0 Å². The Balaban J connectivity index is 1.66. The lowest BCUT2D eigenvalue weighted by Crippen LogP contribution is -2.32. The number of amides is 1. The van der Waals surface area contributed by atoms with Gasteiger partial charge >= 0.3 is 6.18 Å². The van der Waals surface area contributed by atoms with Crippen LogP contribution in [0.2, 0.25) is 0 Å². The zero-order chi connectivity index (χ0) is 17.3. The summed E-state index contributed by atoms with van der Waals surface area (Å²) in [5.41, 5.74) is 1.51. The fourth-order valence-corrected chi connectivity index (χ4v) is 2.85. The van der Waals surface area contributed by atoms with Crippen LogP contribution in [0.3, 0.4) is 0 Å². The van der Waals surface area contributed by atoms with E-state index >= 15 is 0 Å². The maximum absolute atomic E-state index is 12.8. The second kappa shape index (κ2) is 6.26. The molecule has 0 saturated carbocycles. The van der Waals surface area contributed by atoms with Crippen LogP contribution in [0.15, 0.2) is 24.3 Å². The molecule has 1 N–H and O–H groups in total. The fraction of sp³-hybridized carbons (Fsp3) is 0.438. The molecule has 1 aromatic heterocycles. The maximum atomic E-state index is 12.8. The third-order valence-corrected chi connectivity index (χ3v) is 4.18. The number of benzene rings is 1. The van der Waals surface area contributed by atoms with Crippen molar-refractivity contribution < 1.29 is 18.0 Å². The van der Waals surface area contributed by atoms with Gasteiger partial charge in [0, 0.05) is 18.5 Å². The van der Waals surface area contributed by atoms with Gasteiger partial charge in [-0.2, -0.15) is 13.2 Å². The summed E-state index contributed by atoms with van der Waals surface area (Å²) in [4.78, 5) is 12.1. The largest absolute Gasteiger partial charge is 0.392 e. The first kappa shape index (κ1) is 16.5. The van der Waals surface area contributed by atoms with Gasteiger partial charge in [0.1, 0.15) is 5.82 Å². The van der Waals surface area contributed by atoms with Crippen LogP contribution < -0.4 is 5.32 Å². The predicted molar refractivity (Wildman–Crippen MR) is 80.2 cm³/mol. The maximum Gasteiger partial charge on any atom is 0.392 e. The fourth-order valence-electron chi connectivity index (χ4n) is 2.85. The van der Waals surface area contributed by atoms with Crippen molar-refractivity contribution in [2.75, 3.05) is 0 Å². The minimum Gasteiger partial charge on any atom is -0.345 e. The summed E-state index contributed by atoms with van der Waals surface area (Å²) in [5, 5.41) is 10.5. The number of rotatable bonds is 3. The normalized spacial score (nSPS) is 17.4. The van der Waals surface area contributed by atoms with E-state index in [1.807, 2.05) is 13.0 Å². The number of carbonyl (C=O) groups is 1. The van der Waals surface area contributed by atoms with Crippen LogP contribution in [0, 0.1) is 12.8 Å². The Morgan fingerprint density at radius 3 is 2.88 bits per heavy atom. The van der Waals surface area contributed by atoms with E-state index < -0.39 is 12.1 Å². The molecule has 1 aromatic carbocycles. The molecule has 1 aliphatic rings. The van der Waals surface area contributed by atoms with E-state index in [1.54, 1.807) is 22.8 Å². The van der Waals surface area contributed by atoms with E-state index in [0.717, 1.165) is 5.56 Å². The quantitative estimate of drug-likeness (QED) is 0.936. The van der Waals surface area contributed by atoms with Crippen molar-refractivity contribution in [2.24, 2.45) is 5.92 Å². The van der Waals surface area contributed by atoms with Gasteiger partial charge in [-0.15, -0.1) is 10.2 Å². The van der Waals surface area contributed by atoms with Gasteiger partial charge < -0.3 is 9.88 Å². The molecule has 5 nitrogen and oxygen atoms in total. The van der Waals surface area contributed by atoms with Crippen LogP contribution in [-0.4, -0.2) is 26.8 Å². The Labute approximate surface area is 136 Å². The molecular formula is C16H17F3N4O. The number of nitrogens with one attached hydrogen (secondary N) is 1. The summed E-state index contributed by atoms with van der Waals surface area (Å²) >= 11 is 0. The minimum absolute atomic E-state index is 0.00731. The smallest absolute Gasteiger partial charge is 0.345 e. The van der Waals surface area contributed by atoms with Gasteiger partial charge in [-0.3, -0.25) is 4.79 Å². The second-order valence-corrected chi connectivity index (χ2v) is 5.97. The lowest BCUT2D eigenvalue weighted by molar-refractivity contribution is -0.179. The van der Waals surface area contributed by atoms with Gasteiger partial charge in [0.05, 0.1) is 12.5 Å². The van der Waals surface area contributed by atoms with E-state index in [0.29, 0.717) is 17.2 Å².